The molecule has 86 valence electrons. The van der Waals surface area contributed by atoms with Crippen molar-refractivity contribution in [1.82, 2.24) is 4.98 Å². The topological polar surface area (TPSA) is 47.0 Å². The van der Waals surface area contributed by atoms with Gasteiger partial charge in [-0.2, -0.15) is 0 Å². The van der Waals surface area contributed by atoms with E-state index in [0.29, 0.717) is 12.8 Å². The molecule has 0 bridgehead atoms. The Labute approximate surface area is 93.7 Å². The first kappa shape index (κ1) is 12.5. The largest absolute Gasteiger partial charge is 0.299 e. The summed E-state index contributed by atoms with van der Waals surface area (Å²) in [6.45, 7) is 3.44. The van der Waals surface area contributed by atoms with Crippen LogP contribution in [0.2, 0.25) is 0 Å². The van der Waals surface area contributed by atoms with E-state index in [0.717, 1.165) is 12.3 Å². The number of carbonyl (C=O) groups is 2. The average molecular weight is 223 g/mol. The molecule has 0 radical (unpaired) electrons. The van der Waals surface area contributed by atoms with E-state index in [4.69, 9.17) is 0 Å². The quantitative estimate of drug-likeness (QED) is 0.569. The van der Waals surface area contributed by atoms with Crippen LogP contribution in [0.15, 0.2) is 18.3 Å². The van der Waals surface area contributed by atoms with Crippen molar-refractivity contribution in [3.8, 4) is 0 Å². The van der Waals surface area contributed by atoms with E-state index in [1.54, 1.807) is 6.92 Å². The van der Waals surface area contributed by atoms with Gasteiger partial charge in [0.05, 0.1) is 12.1 Å². The molecule has 0 saturated carbocycles. The molecule has 1 aromatic heterocycles. The number of carbonyl (C=O) groups excluding carboxylic acids is 2. The van der Waals surface area contributed by atoms with Gasteiger partial charge in [0.25, 0.3) is 0 Å². The minimum Gasteiger partial charge on any atom is -0.299 e. The van der Waals surface area contributed by atoms with Crippen LogP contribution >= 0.6 is 0 Å². The third-order valence-electron chi connectivity index (χ3n) is 2.35. The summed E-state index contributed by atoms with van der Waals surface area (Å²) in [7, 11) is 0. The van der Waals surface area contributed by atoms with Crippen molar-refractivity contribution < 1.29 is 14.0 Å². The fraction of sp³-hybridized carbons (Fsp3) is 0.417. The predicted octanol–water partition coefficient (Wildman–Crippen LogP) is 2.41. The Kier molecular flexibility index (Phi) is 4.28. The highest BCUT2D eigenvalue weighted by Crippen LogP contribution is 2.10. The number of halogens is 1. The number of hydrogen-bond acceptors (Lipinski definition) is 3. The summed E-state index contributed by atoms with van der Waals surface area (Å²) in [5.41, 5.74) is 0.137. The molecule has 0 aliphatic carbocycles. The van der Waals surface area contributed by atoms with Gasteiger partial charge in [-0.05, 0) is 25.5 Å². The molecule has 1 atom stereocenters. The van der Waals surface area contributed by atoms with Crippen LogP contribution in [0.4, 0.5) is 4.39 Å². The van der Waals surface area contributed by atoms with E-state index < -0.39 is 11.7 Å². The number of rotatable bonds is 5. The standard InChI is InChI=1S/C12H14FNO2/c1-3-4-11(15)8(2)12(16)10-6-5-9(13)7-14-10/h5-8H,3-4H2,1-2H3. The summed E-state index contributed by atoms with van der Waals surface area (Å²) in [6, 6.07) is 2.46. The second-order valence-electron chi connectivity index (χ2n) is 3.66. The van der Waals surface area contributed by atoms with Crippen molar-refractivity contribution in [2.75, 3.05) is 0 Å². The molecule has 0 aliphatic rings. The summed E-state index contributed by atoms with van der Waals surface area (Å²) in [4.78, 5) is 26.9. The molecular formula is C12H14FNO2. The summed E-state index contributed by atoms with van der Waals surface area (Å²) in [5.74, 6) is -1.64. The number of nitrogens with zero attached hydrogens (tertiary/aromatic N) is 1. The lowest BCUT2D eigenvalue weighted by atomic mass is 9.96. The van der Waals surface area contributed by atoms with Crippen LogP contribution < -0.4 is 0 Å². The number of pyridine rings is 1. The molecule has 3 nitrogen and oxygen atoms in total. The molecule has 0 fully saturated rings. The maximum Gasteiger partial charge on any atom is 0.191 e. The van der Waals surface area contributed by atoms with Gasteiger partial charge >= 0.3 is 0 Å². The van der Waals surface area contributed by atoms with Crippen LogP contribution in [0.1, 0.15) is 37.2 Å². The van der Waals surface area contributed by atoms with Crippen LogP contribution in [0.25, 0.3) is 0 Å². The second kappa shape index (κ2) is 5.49. The number of Topliss-reactive ketones (excluding diaryl/α,β-unsaturated/α-hetero) is 2. The zero-order valence-electron chi connectivity index (χ0n) is 9.37. The molecule has 1 heterocycles. The molecule has 0 aromatic carbocycles. The molecule has 0 aliphatic heterocycles. The summed E-state index contributed by atoms with van der Waals surface area (Å²) >= 11 is 0. The Morgan fingerprint density at radius 1 is 1.44 bits per heavy atom. The van der Waals surface area contributed by atoms with Crippen LogP contribution in [0.5, 0.6) is 0 Å². The van der Waals surface area contributed by atoms with E-state index in [2.05, 4.69) is 4.98 Å². The molecule has 0 spiro atoms. The summed E-state index contributed by atoms with van der Waals surface area (Å²) in [6.07, 6.45) is 2.08. The predicted molar refractivity (Wildman–Crippen MR) is 57.6 cm³/mol. The van der Waals surface area contributed by atoms with Gasteiger partial charge in [0.1, 0.15) is 17.3 Å². The van der Waals surface area contributed by atoms with Gasteiger partial charge in [0, 0.05) is 6.42 Å². The second-order valence-corrected chi connectivity index (χ2v) is 3.66. The fourth-order valence-electron chi connectivity index (χ4n) is 1.35. The van der Waals surface area contributed by atoms with Gasteiger partial charge in [-0.1, -0.05) is 6.92 Å². The van der Waals surface area contributed by atoms with E-state index in [-0.39, 0.29) is 17.3 Å². The van der Waals surface area contributed by atoms with E-state index in [1.807, 2.05) is 6.92 Å². The van der Waals surface area contributed by atoms with Crippen LogP contribution in [-0.2, 0) is 4.79 Å². The smallest absolute Gasteiger partial charge is 0.191 e. The molecule has 16 heavy (non-hydrogen) atoms. The third-order valence-corrected chi connectivity index (χ3v) is 2.35. The molecule has 0 amide bonds. The monoisotopic (exact) mass is 223 g/mol. The van der Waals surface area contributed by atoms with Gasteiger partial charge in [0.2, 0.25) is 0 Å². The average Bonchev–Trinajstić information content (AvgIpc) is 2.28. The van der Waals surface area contributed by atoms with Crippen molar-refractivity contribution in [2.24, 2.45) is 5.92 Å². The number of ketones is 2. The molecule has 0 N–H and O–H groups in total. The van der Waals surface area contributed by atoms with E-state index >= 15 is 0 Å². The minimum absolute atomic E-state index is 0.0985. The van der Waals surface area contributed by atoms with Crippen molar-refractivity contribution in [3.63, 3.8) is 0 Å². The molecule has 4 heteroatoms. The van der Waals surface area contributed by atoms with E-state index in [1.165, 1.54) is 6.07 Å². The lowest BCUT2D eigenvalue weighted by Gasteiger charge is -2.07. The van der Waals surface area contributed by atoms with Crippen molar-refractivity contribution in [2.45, 2.75) is 26.7 Å². The third kappa shape index (κ3) is 2.95. The first-order valence-electron chi connectivity index (χ1n) is 5.24. The molecule has 0 saturated heterocycles. The van der Waals surface area contributed by atoms with Crippen molar-refractivity contribution in [1.29, 1.82) is 0 Å². The van der Waals surface area contributed by atoms with Crippen molar-refractivity contribution in [3.05, 3.63) is 29.8 Å². The zero-order chi connectivity index (χ0) is 12.1. The Balaban J connectivity index is 2.78. The van der Waals surface area contributed by atoms with Crippen LogP contribution in [0, 0.1) is 11.7 Å². The minimum atomic E-state index is -0.696. The maximum absolute atomic E-state index is 12.6. The molecule has 1 aromatic rings. The van der Waals surface area contributed by atoms with E-state index in [9.17, 15) is 14.0 Å². The Morgan fingerprint density at radius 3 is 2.62 bits per heavy atom. The van der Waals surface area contributed by atoms with Gasteiger partial charge in [0.15, 0.2) is 5.78 Å². The molecule has 1 unspecified atom stereocenters. The SMILES string of the molecule is CCCC(=O)C(C)C(=O)c1ccc(F)cn1. The highest BCUT2D eigenvalue weighted by molar-refractivity contribution is 6.09. The van der Waals surface area contributed by atoms with Gasteiger partial charge in [-0.15, -0.1) is 0 Å². The normalized spacial score (nSPS) is 12.2. The number of hydrogen-bond donors (Lipinski definition) is 0. The van der Waals surface area contributed by atoms with Gasteiger partial charge < -0.3 is 0 Å². The molecular weight excluding hydrogens is 209 g/mol. The van der Waals surface area contributed by atoms with Crippen LogP contribution in [-0.4, -0.2) is 16.6 Å². The lowest BCUT2D eigenvalue weighted by Crippen LogP contribution is -2.21. The van der Waals surface area contributed by atoms with Gasteiger partial charge in [-0.3, -0.25) is 14.6 Å². The Bertz CT molecular complexity index is 387. The summed E-state index contributed by atoms with van der Waals surface area (Å²) in [5, 5.41) is 0. The first-order valence-corrected chi connectivity index (χ1v) is 5.24. The molecule has 1 rings (SSSR count). The highest BCUT2D eigenvalue weighted by atomic mass is 19.1. The lowest BCUT2D eigenvalue weighted by molar-refractivity contribution is -0.121. The van der Waals surface area contributed by atoms with Crippen LogP contribution in [0.3, 0.4) is 0 Å². The Hall–Kier alpha value is -1.58. The Morgan fingerprint density at radius 2 is 2.12 bits per heavy atom. The van der Waals surface area contributed by atoms with Crippen molar-refractivity contribution >= 4 is 11.6 Å². The maximum atomic E-state index is 12.6. The number of aromatic nitrogens is 1. The fourth-order valence-corrected chi connectivity index (χ4v) is 1.35. The van der Waals surface area contributed by atoms with Gasteiger partial charge in [-0.25, -0.2) is 4.39 Å². The zero-order valence-corrected chi connectivity index (χ0v) is 9.37. The highest BCUT2D eigenvalue weighted by Gasteiger charge is 2.22. The summed E-state index contributed by atoms with van der Waals surface area (Å²) < 4.78 is 12.6. The first-order chi connectivity index (χ1) is 7.56.